The van der Waals surface area contributed by atoms with Crippen LogP contribution in [0.5, 0.6) is 17.2 Å². The summed E-state index contributed by atoms with van der Waals surface area (Å²) in [5.41, 5.74) is 1.12. The number of para-hydroxylation sites is 1. The summed E-state index contributed by atoms with van der Waals surface area (Å²) in [6.07, 6.45) is 3.75. The number of carbonyl (C=O) groups excluding carboxylic acids is 3. The third-order valence-electron chi connectivity index (χ3n) is 9.18. The van der Waals surface area contributed by atoms with Crippen molar-refractivity contribution < 1.29 is 33.0 Å². The molecular formula is C36H28FNO6. The average Bonchev–Trinajstić information content (AvgIpc) is 3.49. The van der Waals surface area contributed by atoms with Gasteiger partial charge in [0.2, 0.25) is 5.75 Å². The van der Waals surface area contributed by atoms with Crippen molar-refractivity contribution in [2.75, 3.05) is 26.2 Å². The van der Waals surface area contributed by atoms with Crippen molar-refractivity contribution in [2.24, 2.45) is 5.41 Å². The molecule has 2 heterocycles. The smallest absolute Gasteiger partial charge is 0.203 e. The van der Waals surface area contributed by atoms with E-state index in [1.165, 1.54) is 45.6 Å². The first-order chi connectivity index (χ1) is 21.4. The molecule has 0 N–H and O–H groups in total. The summed E-state index contributed by atoms with van der Waals surface area (Å²) in [7, 11) is 4.44. The summed E-state index contributed by atoms with van der Waals surface area (Å²) in [5, 5.41) is 0. The predicted octanol–water partition coefficient (Wildman–Crippen LogP) is 6.17. The maximum atomic E-state index is 14.9. The molecule has 0 bridgehead atoms. The van der Waals surface area contributed by atoms with Crippen LogP contribution in [0.3, 0.4) is 0 Å². The Bertz CT molecular complexity index is 1850. The summed E-state index contributed by atoms with van der Waals surface area (Å²) in [6, 6.07) is 21.2. The van der Waals surface area contributed by atoms with Crippen molar-refractivity contribution in [3.05, 3.63) is 125 Å². The number of hydrogen-bond donors (Lipinski definition) is 0. The van der Waals surface area contributed by atoms with Gasteiger partial charge in [-0.25, -0.2) is 4.39 Å². The number of ether oxygens (including phenoxy) is 3. The molecule has 3 atom stereocenters. The lowest BCUT2D eigenvalue weighted by molar-refractivity contribution is 0.0664. The molecule has 4 aromatic rings. The number of halogens is 1. The lowest BCUT2D eigenvalue weighted by Crippen LogP contribution is -2.48. The van der Waals surface area contributed by atoms with Crippen LogP contribution in [0.25, 0.3) is 6.08 Å². The molecule has 0 aromatic heterocycles. The minimum atomic E-state index is -1.74. The monoisotopic (exact) mass is 589 g/mol. The number of benzene rings is 4. The number of Topliss-reactive ketones (excluding diaryl/α,β-unsaturated/α-hetero) is 3. The maximum absolute atomic E-state index is 14.9. The number of nitrogens with zero attached hydrogens (tertiary/aromatic N) is 1. The molecule has 0 radical (unpaired) electrons. The van der Waals surface area contributed by atoms with E-state index in [1.54, 1.807) is 36.4 Å². The van der Waals surface area contributed by atoms with Gasteiger partial charge in [0.15, 0.2) is 28.8 Å². The van der Waals surface area contributed by atoms with Gasteiger partial charge in [-0.2, -0.15) is 0 Å². The Balaban J connectivity index is 1.59. The van der Waals surface area contributed by atoms with E-state index in [9.17, 15) is 18.8 Å². The Labute approximate surface area is 253 Å². The van der Waals surface area contributed by atoms with Gasteiger partial charge >= 0.3 is 0 Å². The standard InChI is InChI=1S/C36H28FNO6/c1-42-27-18-17-25(32(43-2)33(27)44-3)29-30(31(39)21-12-15-22(37)16-13-21)38-26-11-7-4-8-20(26)14-19-28(38)36(29)34(40)23-9-5-6-10-24(23)35(36)41/h4-19,28-30H,1-3H3/t28-,29+,30-/m1/s1. The molecule has 1 spiro atoms. The SMILES string of the molecule is COc1ccc([C@H]2[C@H](C(=O)c3ccc(F)cc3)N3c4ccccc4C=C[C@@H]3C23C(=O)c2ccccc2C3=O)c(OC)c1OC. The number of anilines is 1. The van der Waals surface area contributed by atoms with Crippen LogP contribution in [0, 0.1) is 11.2 Å². The van der Waals surface area contributed by atoms with Crippen molar-refractivity contribution in [2.45, 2.75) is 18.0 Å². The largest absolute Gasteiger partial charge is 0.493 e. The second-order valence-electron chi connectivity index (χ2n) is 11.1. The van der Waals surface area contributed by atoms with E-state index in [-0.39, 0.29) is 34.4 Å². The number of ketones is 3. The summed E-state index contributed by atoms with van der Waals surface area (Å²) in [5.74, 6) is -1.71. The van der Waals surface area contributed by atoms with Gasteiger partial charge in [0.1, 0.15) is 17.3 Å². The van der Waals surface area contributed by atoms with Gasteiger partial charge in [-0.1, -0.05) is 60.7 Å². The molecule has 2 aliphatic heterocycles. The van der Waals surface area contributed by atoms with E-state index in [0.717, 1.165) is 5.56 Å². The second-order valence-corrected chi connectivity index (χ2v) is 11.1. The van der Waals surface area contributed by atoms with Crippen LogP contribution in [-0.4, -0.2) is 50.8 Å². The molecule has 0 saturated carbocycles. The fraction of sp³-hybridized carbons (Fsp3) is 0.194. The molecule has 0 unspecified atom stereocenters. The topological polar surface area (TPSA) is 82.1 Å². The normalized spacial score (nSPS) is 20.7. The van der Waals surface area contributed by atoms with Gasteiger partial charge in [-0.3, -0.25) is 14.4 Å². The van der Waals surface area contributed by atoms with Gasteiger partial charge in [-0.05, 0) is 42.0 Å². The number of hydrogen-bond acceptors (Lipinski definition) is 7. The molecule has 7 rings (SSSR count). The molecular weight excluding hydrogens is 561 g/mol. The van der Waals surface area contributed by atoms with Crippen LogP contribution < -0.4 is 19.1 Å². The summed E-state index contributed by atoms with van der Waals surface area (Å²) < 4.78 is 31.2. The molecule has 0 amide bonds. The van der Waals surface area contributed by atoms with Crippen LogP contribution >= 0.6 is 0 Å². The Morgan fingerprint density at radius 1 is 0.773 bits per heavy atom. The van der Waals surface area contributed by atoms with Gasteiger partial charge in [0.05, 0.1) is 27.4 Å². The number of methoxy groups -OCH3 is 3. The first kappa shape index (κ1) is 27.6. The van der Waals surface area contributed by atoms with E-state index in [4.69, 9.17) is 14.2 Å². The van der Waals surface area contributed by atoms with Gasteiger partial charge in [-0.15, -0.1) is 0 Å². The highest BCUT2D eigenvalue weighted by Crippen LogP contribution is 2.63. The second kappa shape index (κ2) is 10.2. The van der Waals surface area contributed by atoms with Gasteiger partial charge in [0.25, 0.3) is 0 Å². The molecule has 1 aliphatic carbocycles. The van der Waals surface area contributed by atoms with Crippen molar-refractivity contribution in [3.63, 3.8) is 0 Å². The summed E-state index contributed by atoms with van der Waals surface area (Å²) in [4.78, 5) is 46.4. The summed E-state index contributed by atoms with van der Waals surface area (Å²) >= 11 is 0. The van der Waals surface area contributed by atoms with Crippen LogP contribution in [0.2, 0.25) is 0 Å². The third-order valence-corrected chi connectivity index (χ3v) is 9.18. The van der Waals surface area contributed by atoms with Gasteiger partial charge < -0.3 is 19.1 Å². The molecule has 7 nitrogen and oxygen atoms in total. The zero-order valence-corrected chi connectivity index (χ0v) is 24.2. The van der Waals surface area contributed by atoms with Crippen molar-refractivity contribution in [1.82, 2.24) is 0 Å². The average molecular weight is 590 g/mol. The molecule has 220 valence electrons. The first-order valence-electron chi connectivity index (χ1n) is 14.2. The van der Waals surface area contributed by atoms with E-state index in [0.29, 0.717) is 28.1 Å². The van der Waals surface area contributed by atoms with E-state index in [2.05, 4.69) is 0 Å². The lowest BCUT2D eigenvalue weighted by Gasteiger charge is -2.37. The Morgan fingerprint density at radius 3 is 2.05 bits per heavy atom. The number of carbonyl (C=O) groups is 3. The summed E-state index contributed by atoms with van der Waals surface area (Å²) in [6.45, 7) is 0. The number of fused-ring (bicyclic) bond motifs is 5. The van der Waals surface area contributed by atoms with Crippen molar-refractivity contribution in [3.8, 4) is 17.2 Å². The highest BCUT2D eigenvalue weighted by molar-refractivity contribution is 6.32. The zero-order chi connectivity index (χ0) is 30.7. The molecule has 8 heteroatoms. The first-order valence-corrected chi connectivity index (χ1v) is 14.2. The number of rotatable bonds is 6. The molecule has 4 aromatic carbocycles. The molecule has 3 aliphatic rings. The van der Waals surface area contributed by atoms with Crippen molar-refractivity contribution in [1.29, 1.82) is 0 Å². The fourth-order valence-electron chi connectivity index (χ4n) is 7.41. The van der Waals surface area contributed by atoms with E-state index >= 15 is 0 Å². The fourth-order valence-corrected chi connectivity index (χ4v) is 7.41. The van der Waals surface area contributed by atoms with Crippen molar-refractivity contribution >= 4 is 29.1 Å². The van der Waals surface area contributed by atoms with Crippen LogP contribution in [0.1, 0.15) is 48.1 Å². The van der Waals surface area contributed by atoms with E-state index < -0.39 is 29.2 Å². The molecule has 44 heavy (non-hydrogen) atoms. The van der Waals surface area contributed by atoms with E-state index in [1.807, 2.05) is 41.3 Å². The predicted molar refractivity (Wildman–Crippen MR) is 163 cm³/mol. The quantitative estimate of drug-likeness (QED) is 0.197. The Morgan fingerprint density at radius 2 is 1.41 bits per heavy atom. The molecule has 1 saturated heterocycles. The lowest BCUT2D eigenvalue weighted by atomic mass is 9.64. The minimum absolute atomic E-state index is 0.249. The van der Waals surface area contributed by atoms with Crippen LogP contribution in [0.4, 0.5) is 10.1 Å². The zero-order valence-electron chi connectivity index (χ0n) is 24.2. The third kappa shape index (κ3) is 3.57. The van der Waals surface area contributed by atoms with Crippen LogP contribution in [0.15, 0.2) is 91.0 Å². The Hall–Kier alpha value is -5.24. The molecule has 1 fully saturated rings. The Kier molecular flexibility index (Phi) is 6.39. The van der Waals surface area contributed by atoms with Crippen LogP contribution in [-0.2, 0) is 0 Å². The van der Waals surface area contributed by atoms with Gasteiger partial charge in [0, 0.05) is 33.9 Å². The maximum Gasteiger partial charge on any atom is 0.203 e. The minimum Gasteiger partial charge on any atom is -0.493 e. The highest BCUT2D eigenvalue weighted by Gasteiger charge is 2.72. The highest BCUT2D eigenvalue weighted by atomic mass is 19.1.